The molecule has 0 N–H and O–H groups in total. The molecule has 1 saturated heterocycles. The van der Waals surface area contributed by atoms with Crippen molar-refractivity contribution in [2.75, 3.05) is 18.6 Å². The van der Waals surface area contributed by atoms with E-state index in [0.717, 1.165) is 4.90 Å². The van der Waals surface area contributed by atoms with Crippen molar-refractivity contribution in [1.29, 1.82) is 0 Å². The molecule has 1 aromatic heterocycles. The minimum Gasteiger partial charge on any atom is -0.493 e. The maximum Gasteiger partial charge on any atom is 0.307 e. The molecule has 6 nitrogen and oxygen atoms in total. The third-order valence-corrected chi connectivity index (χ3v) is 3.83. The summed E-state index contributed by atoms with van der Waals surface area (Å²) in [5.41, 5.74) is 0. The molecule has 0 bridgehead atoms. The first-order chi connectivity index (χ1) is 8.43. The van der Waals surface area contributed by atoms with E-state index in [-0.39, 0.29) is 18.8 Å². The van der Waals surface area contributed by atoms with E-state index in [4.69, 9.17) is 4.74 Å². The zero-order valence-corrected chi connectivity index (χ0v) is 10.4. The Bertz CT molecular complexity index is 575. The number of carbonyl (C=O) groups excluding carboxylic acids is 1. The number of halogens is 1. The molecule has 1 aliphatic rings. The van der Waals surface area contributed by atoms with Crippen LogP contribution in [0.3, 0.4) is 0 Å². The fraction of sp³-hybridized carbons (Fsp3) is 0.400. The van der Waals surface area contributed by atoms with Gasteiger partial charge in [0.2, 0.25) is 5.91 Å². The first-order valence-corrected chi connectivity index (χ1v) is 6.61. The Hall–Kier alpha value is -1.70. The SMILES string of the molecule is COc1cccnc1N1CC(S(=O)(=O)F)CC1=O. The van der Waals surface area contributed by atoms with E-state index >= 15 is 0 Å². The molecule has 0 spiro atoms. The number of carbonyl (C=O) groups is 1. The summed E-state index contributed by atoms with van der Waals surface area (Å²) in [6.07, 6.45) is 1.07. The fourth-order valence-electron chi connectivity index (χ4n) is 1.81. The Balaban J connectivity index is 2.33. The molecule has 0 saturated carbocycles. The fourth-order valence-corrected chi connectivity index (χ4v) is 2.48. The smallest absolute Gasteiger partial charge is 0.307 e. The van der Waals surface area contributed by atoms with Crippen molar-refractivity contribution in [2.45, 2.75) is 11.7 Å². The number of pyridine rings is 1. The molecule has 1 amide bonds. The summed E-state index contributed by atoms with van der Waals surface area (Å²) in [4.78, 5) is 16.8. The molecule has 1 fully saturated rings. The second kappa shape index (κ2) is 4.52. The molecule has 0 radical (unpaired) electrons. The van der Waals surface area contributed by atoms with Crippen LogP contribution in [0, 0.1) is 0 Å². The van der Waals surface area contributed by atoms with Crippen LogP contribution < -0.4 is 9.64 Å². The van der Waals surface area contributed by atoms with E-state index in [1.165, 1.54) is 13.3 Å². The molecule has 18 heavy (non-hydrogen) atoms. The van der Waals surface area contributed by atoms with Gasteiger partial charge in [-0.15, -0.1) is 3.89 Å². The number of hydrogen-bond donors (Lipinski definition) is 0. The van der Waals surface area contributed by atoms with Crippen LogP contribution in [-0.2, 0) is 15.0 Å². The van der Waals surface area contributed by atoms with Crippen LogP contribution in [-0.4, -0.2) is 38.2 Å². The topological polar surface area (TPSA) is 76.6 Å². The van der Waals surface area contributed by atoms with Crippen molar-refractivity contribution >= 4 is 21.9 Å². The summed E-state index contributed by atoms with van der Waals surface area (Å²) in [5.74, 6) is 0.0529. The van der Waals surface area contributed by atoms with E-state index in [0.29, 0.717) is 5.75 Å². The van der Waals surface area contributed by atoms with Crippen molar-refractivity contribution in [1.82, 2.24) is 4.98 Å². The molecule has 8 heteroatoms. The number of amides is 1. The first-order valence-electron chi connectivity index (χ1n) is 5.16. The van der Waals surface area contributed by atoms with Gasteiger partial charge >= 0.3 is 10.2 Å². The number of hydrogen-bond acceptors (Lipinski definition) is 5. The number of anilines is 1. The highest BCUT2D eigenvalue weighted by Crippen LogP contribution is 2.30. The first kappa shape index (κ1) is 12.7. The van der Waals surface area contributed by atoms with E-state index in [1.54, 1.807) is 12.1 Å². The van der Waals surface area contributed by atoms with Crippen LogP contribution in [0.5, 0.6) is 5.75 Å². The van der Waals surface area contributed by atoms with Crippen LogP contribution >= 0.6 is 0 Å². The summed E-state index contributed by atoms with van der Waals surface area (Å²) in [5, 5.41) is -1.34. The van der Waals surface area contributed by atoms with Crippen molar-refractivity contribution in [3.8, 4) is 5.75 Å². The van der Waals surface area contributed by atoms with Crippen molar-refractivity contribution < 1.29 is 21.8 Å². The van der Waals surface area contributed by atoms with Gasteiger partial charge in [0.05, 0.1) is 7.11 Å². The zero-order valence-electron chi connectivity index (χ0n) is 9.54. The van der Waals surface area contributed by atoms with Gasteiger partial charge in [-0.1, -0.05) is 0 Å². The van der Waals surface area contributed by atoms with Gasteiger partial charge < -0.3 is 4.74 Å². The van der Waals surface area contributed by atoms with Crippen LogP contribution in [0.25, 0.3) is 0 Å². The summed E-state index contributed by atoms with van der Waals surface area (Å²) in [7, 11) is -3.32. The highest BCUT2D eigenvalue weighted by molar-refractivity contribution is 7.87. The highest BCUT2D eigenvalue weighted by Gasteiger charge is 2.40. The molecule has 1 aliphatic heterocycles. The normalized spacial score (nSPS) is 20.2. The Morgan fingerprint density at radius 1 is 1.56 bits per heavy atom. The van der Waals surface area contributed by atoms with E-state index in [2.05, 4.69) is 4.98 Å². The molecule has 1 aromatic rings. The largest absolute Gasteiger partial charge is 0.493 e. The van der Waals surface area contributed by atoms with Gasteiger partial charge in [-0.25, -0.2) is 4.98 Å². The zero-order chi connectivity index (χ0) is 13.3. The molecule has 0 aromatic carbocycles. The molecule has 2 heterocycles. The van der Waals surface area contributed by atoms with Gasteiger partial charge in [0.15, 0.2) is 11.6 Å². The lowest BCUT2D eigenvalue weighted by Gasteiger charge is -2.17. The van der Waals surface area contributed by atoms with Gasteiger partial charge in [-0.05, 0) is 12.1 Å². The number of rotatable bonds is 3. The summed E-state index contributed by atoms with van der Waals surface area (Å²) < 4.78 is 39.5. The molecule has 2 rings (SSSR count). The van der Waals surface area contributed by atoms with E-state index in [1.807, 2.05) is 0 Å². The van der Waals surface area contributed by atoms with Gasteiger partial charge in [-0.3, -0.25) is 9.69 Å². The van der Waals surface area contributed by atoms with E-state index < -0.39 is 21.4 Å². The van der Waals surface area contributed by atoms with Gasteiger partial charge in [0, 0.05) is 19.2 Å². The second-order valence-corrected chi connectivity index (χ2v) is 5.45. The van der Waals surface area contributed by atoms with Gasteiger partial charge in [0.1, 0.15) is 5.25 Å². The van der Waals surface area contributed by atoms with E-state index in [9.17, 15) is 17.1 Å². The number of methoxy groups -OCH3 is 1. The number of ether oxygens (including phenoxy) is 1. The van der Waals surface area contributed by atoms with Crippen molar-refractivity contribution in [2.24, 2.45) is 0 Å². The Morgan fingerprint density at radius 2 is 2.28 bits per heavy atom. The molecule has 1 atom stereocenters. The Kier molecular flexibility index (Phi) is 3.20. The lowest BCUT2D eigenvalue weighted by molar-refractivity contribution is -0.117. The van der Waals surface area contributed by atoms with Crippen molar-refractivity contribution in [3.63, 3.8) is 0 Å². The number of nitrogens with zero attached hydrogens (tertiary/aromatic N) is 2. The minimum atomic E-state index is -4.73. The Morgan fingerprint density at radius 3 is 2.83 bits per heavy atom. The van der Waals surface area contributed by atoms with Gasteiger partial charge in [-0.2, -0.15) is 8.42 Å². The molecular weight excluding hydrogens is 263 g/mol. The predicted octanol–water partition coefficient (Wildman–Crippen LogP) is 0.495. The van der Waals surface area contributed by atoms with Crippen molar-refractivity contribution in [3.05, 3.63) is 18.3 Å². The van der Waals surface area contributed by atoms with Crippen LogP contribution in [0.1, 0.15) is 6.42 Å². The Labute approximate surface area is 104 Å². The monoisotopic (exact) mass is 274 g/mol. The predicted molar refractivity (Wildman–Crippen MR) is 61.6 cm³/mol. The third kappa shape index (κ3) is 2.28. The van der Waals surface area contributed by atoms with Gasteiger partial charge in [0.25, 0.3) is 0 Å². The standard InChI is InChI=1S/C10H11FN2O4S/c1-17-8-3-2-4-12-10(8)13-6-7(5-9(13)14)18(11,15)16/h2-4,7H,5-6H2,1H3. The summed E-state index contributed by atoms with van der Waals surface area (Å²) >= 11 is 0. The summed E-state index contributed by atoms with van der Waals surface area (Å²) in [6.45, 7) is -0.245. The van der Waals surface area contributed by atoms with Crippen LogP contribution in [0.4, 0.5) is 9.70 Å². The quantitative estimate of drug-likeness (QED) is 0.750. The second-order valence-electron chi connectivity index (χ2n) is 3.84. The van der Waals surface area contributed by atoms with Crippen LogP contribution in [0.2, 0.25) is 0 Å². The molecular formula is C10H11FN2O4S. The van der Waals surface area contributed by atoms with Crippen LogP contribution in [0.15, 0.2) is 18.3 Å². The average Bonchev–Trinajstić information content (AvgIpc) is 2.71. The summed E-state index contributed by atoms with van der Waals surface area (Å²) in [6, 6.07) is 3.21. The lowest BCUT2D eigenvalue weighted by Crippen LogP contribution is -2.28. The average molecular weight is 274 g/mol. The maximum absolute atomic E-state index is 12.9. The molecule has 0 aliphatic carbocycles. The molecule has 98 valence electrons. The molecule has 1 unspecified atom stereocenters. The highest BCUT2D eigenvalue weighted by atomic mass is 32.3. The minimum absolute atomic E-state index is 0.205. The number of aromatic nitrogens is 1. The maximum atomic E-state index is 12.9. The third-order valence-electron chi connectivity index (χ3n) is 2.71. The lowest BCUT2D eigenvalue weighted by atomic mass is 10.4.